The molecule has 1 aliphatic heterocycles. The van der Waals surface area contributed by atoms with Gasteiger partial charge in [-0.2, -0.15) is 0 Å². The summed E-state index contributed by atoms with van der Waals surface area (Å²) in [5, 5.41) is 2.64. The number of rotatable bonds is 6. The molecule has 2 heterocycles. The summed E-state index contributed by atoms with van der Waals surface area (Å²) in [6.07, 6.45) is 2.04. The maximum Gasteiger partial charge on any atom is 0.257 e. The predicted octanol–water partition coefficient (Wildman–Crippen LogP) is 2.42. The normalized spacial score (nSPS) is 16.0. The van der Waals surface area contributed by atoms with Crippen LogP contribution in [0.2, 0.25) is 0 Å². The molecule has 0 unspecified atom stereocenters. The summed E-state index contributed by atoms with van der Waals surface area (Å²) in [4.78, 5) is 36.3. The van der Waals surface area contributed by atoms with Gasteiger partial charge in [0.05, 0.1) is 26.2 Å². The Labute approximate surface area is 183 Å². The molecule has 1 saturated heterocycles. The molecule has 1 fully saturated rings. The smallest absolute Gasteiger partial charge is 0.257 e. The van der Waals surface area contributed by atoms with Crippen molar-refractivity contribution in [3.05, 3.63) is 46.5 Å². The fourth-order valence-electron chi connectivity index (χ4n) is 3.98. The molecule has 2 amide bonds. The topological polar surface area (TPSA) is 93.7 Å². The maximum absolute atomic E-state index is 13.3. The molecule has 166 valence electrons. The molecule has 0 saturated carbocycles. The zero-order valence-corrected chi connectivity index (χ0v) is 18.8. The zero-order valence-electron chi connectivity index (χ0n) is 18.8. The lowest BCUT2D eigenvalue weighted by atomic mass is 9.95. The van der Waals surface area contributed by atoms with Crippen LogP contribution >= 0.6 is 0 Å². The van der Waals surface area contributed by atoms with Crippen LogP contribution in [0.15, 0.2) is 18.2 Å². The highest BCUT2D eigenvalue weighted by Gasteiger charge is 2.29. The SMILES string of the molecule is CNC(=O)Cc1c(C)nc([C@H]2CCCN(C(=O)c3cc(OC)ccc3OC)C2)nc1C. The van der Waals surface area contributed by atoms with Crippen LogP contribution in [0.1, 0.15) is 51.9 Å². The van der Waals surface area contributed by atoms with Crippen molar-refractivity contribution in [3.63, 3.8) is 0 Å². The molecule has 1 aromatic carbocycles. The van der Waals surface area contributed by atoms with E-state index >= 15 is 0 Å². The monoisotopic (exact) mass is 426 g/mol. The first-order valence-corrected chi connectivity index (χ1v) is 10.4. The molecule has 1 aliphatic rings. The number of piperidine rings is 1. The van der Waals surface area contributed by atoms with E-state index in [1.54, 1.807) is 39.5 Å². The first-order chi connectivity index (χ1) is 14.9. The maximum atomic E-state index is 13.3. The summed E-state index contributed by atoms with van der Waals surface area (Å²) in [6, 6.07) is 5.23. The minimum absolute atomic E-state index is 0.0424. The first kappa shape index (κ1) is 22.5. The number of nitrogens with one attached hydrogen (secondary N) is 1. The van der Waals surface area contributed by atoms with E-state index < -0.39 is 0 Å². The van der Waals surface area contributed by atoms with Crippen molar-refractivity contribution < 1.29 is 19.1 Å². The summed E-state index contributed by atoms with van der Waals surface area (Å²) in [5.41, 5.74) is 2.96. The molecule has 1 aromatic heterocycles. The second-order valence-corrected chi connectivity index (χ2v) is 7.74. The highest BCUT2D eigenvalue weighted by atomic mass is 16.5. The lowest BCUT2D eigenvalue weighted by Gasteiger charge is -2.32. The lowest BCUT2D eigenvalue weighted by Crippen LogP contribution is -2.39. The van der Waals surface area contributed by atoms with Gasteiger partial charge >= 0.3 is 0 Å². The Morgan fingerprint density at radius 1 is 1.16 bits per heavy atom. The largest absolute Gasteiger partial charge is 0.497 e. The van der Waals surface area contributed by atoms with Crippen LogP contribution in [0.4, 0.5) is 0 Å². The number of carbonyl (C=O) groups is 2. The van der Waals surface area contributed by atoms with Crippen LogP contribution in [-0.4, -0.2) is 61.0 Å². The zero-order chi connectivity index (χ0) is 22.5. The number of aryl methyl sites for hydroxylation is 2. The number of nitrogens with zero attached hydrogens (tertiary/aromatic N) is 3. The van der Waals surface area contributed by atoms with Gasteiger partial charge in [-0.05, 0) is 44.9 Å². The number of ether oxygens (including phenoxy) is 2. The second-order valence-electron chi connectivity index (χ2n) is 7.74. The Kier molecular flexibility index (Phi) is 7.09. The van der Waals surface area contributed by atoms with Crippen LogP contribution in [0.3, 0.4) is 0 Å². The van der Waals surface area contributed by atoms with Crippen molar-refractivity contribution in [3.8, 4) is 11.5 Å². The molecule has 0 spiro atoms. The summed E-state index contributed by atoms with van der Waals surface area (Å²) < 4.78 is 10.7. The molecule has 1 atom stereocenters. The predicted molar refractivity (Wildman–Crippen MR) is 117 cm³/mol. The molecule has 0 bridgehead atoms. The lowest BCUT2D eigenvalue weighted by molar-refractivity contribution is -0.120. The number of carbonyl (C=O) groups excluding carboxylic acids is 2. The summed E-state index contributed by atoms with van der Waals surface area (Å²) >= 11 is 0. The second kappa shape index (κ2) is 9.76. The van der Waals surface area contributed by atoms with Crippen molar-refractivity contribution in [1.82, 2.24) is 20.2 Å². The quantitative estimate of drug-likeness (QED) is 0.763. The highest BCUT2D eigenvalue weighted by Crippen LogP contribution is 2.30. The van der Waals surface area contributed by atoms with E-state index in [-0.39, 0.29) is 24.2 Å². The van der Waals surface area contributed by atoms with Gasteiger partial charge in [-0.1, -0.05) is 0 Å². The third kappa shape index (κ3) is 4.95. The van der Waals surface area contributed by atoms with Gasteiger partial charge < -0.3 is 19.7 Å². The van der Waals surface area contributed by atoms with Crippen molar-refractivity contribution in [1.29, 1.82) is 0 Å². The van der Waals surface area contributed by atoms with Crippen molar-refractivity contribution in [2.75, 3.05) is 34.4 Å². The number of hydrogen-bond acceptors (Lipinski definition) is 6. The summed E-state index contributed by atoms with van der Waals surface area (Å²) in [7, 11) is 4.74. The fraction of sp³-hybridized carbons (Fsp3) is 0.478. The van der Waals surface area contributed by atoms with Gasteiger partial charge in [0.15, 0.2) is 0 Å². The van der Waals surface area contributed by atoms with E-state index in [1.807, 2.05) is 18.7 Å². The number of methoxy groups -OCH3 is 2. The number of amides is 2. The highest BCUT2D eigenvalue weighted by molar-refractivity contribution is 5.97. The fourth-order valence-corrected chi connectivity index (χ4v) is 3.98. The van der Waals surface area contributed by atoms with E-state index in [2.05, 4.69) is 5.32 Å². The van der Waals surface area contributed by atoms with E-state index in [1.165, 1.54) is 0 Å². The molecular formula is C23H30N4O4. The molecule has 8 heteroatoms. The van der Waals surface area contributed by atoms with Gasteiger partial charge in [0.2, 0.25) is 5.91 Å². The van der Waals surface area contributed by atoms with Gasteiger partial charge in [0.1, 0.15) is 17.3 Å². The average molecular weight is 427 g/mol. The number of likely N-dealkylation sites (tertiary alicyclic amines) is 1. The third-order valence-electron chi connectivity index (χ3n) is 5.76. The number of benzene rings is 1. The van der Waals surface area contributed by atoms with Gasteiger partial charge in [0.25, 0.3) is 5.91 Å². The summed E-state index contributed by atoms with van der Waals surface area (Å²) in [5.74, 6) is 1.74. The molecule has 0 radical (unpaired) electrons. The summed E-state index contributed by atoms with van der Waals surface area (Å²) in [6.45, 7) is 5.02. The first-order valence-electron chi connectivity index (χ1n) is 10.4. The van der Waals surface area contributed by atoms with E-state index in [4.69, 9.17) is 19.4 Å². The molecular weight excluding hydrogens is 396 g/mol. The molecule has 1 N–H and O–H groups in total. The Balaban J connectivity index is 1.82. The van der Waals surface area contributed by atoms with Crippen LogP contribution in [0, 0.1) is 13.8 Å². The van der Waals surface area contributed by atoms with Gasteiger partial charge in [-0.3, -0.25) is 9.59 Å². The van der Waals surface area contributed by atoms with Crippen LogP contribution in [0.25, 0.3) is 0 Å². The van der Waals surface area contributed by atoms with Gasteiger partial charge in [-0.15, -0.1) is 0 Å². The number of aromatic nitrogens is 2. The van der Waals surface area contributed by atoms with Crippen LogP contribution in [0.5, 0.6) is 11.5 Å². The molecule has 2 aromatic rings. The van der Waals surface area contributed by atoms with Crippen LogP contribution in [-0.2, 0) is 11.2 Å². The number of likely N-dealkylation sites (N-methyl/N-ethyl adjacent to an activating group) is 1. The van der Waals surface area contributed by atoms with Gasteiger partial charge in [-0.25, -0.2) is 9.97 Å². The molecule has 0 aliphatic carbocycles. The Bertz CT molecular complexity index is 953. The van der Waals surface area contributed by atoms with Crippen LogP contribution < -0.4 is 14.8 Å². The standard InChI is InChI=1S/C23H30N4O4/c1-14-18(12-21(28)24-3)15(2)26-22(25-14)16-7-6-10-27(13-16)23(29)19-11-17(30-4)8-9-20(19)31-5/h8-9,11,16H,6-7,10,12-13H2,1-5H3,(H,24,28)/t16-/m0/s1. The van der Waals surface area contributed by atoms with Crippen molar-refractivity contribution in [2.24, 2.45) is 0 Å². The Hall–Kier alpha value is -3.16. The minimum atomic E-state index is -0.0925. The Morgan fingerprint density at radius 2 is 1.87 bits per heavy atom. The van der Waals surface area contributed by atoms with Crippen molar-refractivity contribution in [2.45, 2.75) is 39.0 Å². The van der Waals surface area contributed by atoms with E-state index in [0.29, 0.717) is 30.2 Å². The minimum Gasteiger partial charge on any atom is -0.497 e. The molecule has 3 rings (SSSR count). The molecule has 8 nitrogen and oxygen atoms in total. The third-order valence-corrected chi connectivity index (χ3v) is 5.76. The van der Waals surface area contributed by atoms with E-state index in [0.717, 1.165) is 35.6 Å². The van der Waals surface area contributed by atoms with Crippen molar-refractivity contribution >= 4 is 11.8 Å². The van der Waals surface area contributed by atoms with E-state index in [9.17, 15) is 9.59 Å². The Morgan fingerprint density at radius 3 is 2.48 bits per heavy atom. The average Bonchev–Trinajstić information content (AvgIpc) is 2.80. The molecule has 31 heavy (non-hydrogen) atoms. The van der Waals surface area contributed by atoms with Gasteiger partial charge in [0, 0.05) is 43.0 Å². The number of hydrogen-bond donors (Lipinski definition) is 1.